The summed E-state index contributed by atoms with van der Waals surface area (Å²) in [5.74, 6) is -1.79. The van der Waals surface area contributed by atoms with Gasteiger partial charge in [-0.1, -0.05) is 0 Å². The highest BCUT2D eigenvalue weighted by Gasteiger charge is 2.26. The number of hydrogen-bond donors (Lipinski definition) is 1. The number of thioether (sulfide) groups is 1. The van der Waals surface area contributed by atoms with Gasteiger partial charge in [-0.15, -0.1) is 0 Å². The minimum absolute atomic E-state index is 0.175. The summed E-state index contributed by atoms with van der Waals surface area (Å²) in [5.41, 5.74) is 0. The van der Waals surface area contributed by atoms with Crippen molar-refractivity contribution in [1.29, 1.82) is 0 Å². The summed E-state index contributed by atoms with van der Waals surface area (Å²) in [4.78, 5) is 20.8. The minimum Gasteiger partial charge on any atom is -0.479 e. The second kappa shape index (κ2) is 4.08. The van der Waals surface area contributed by atoms with E-state index in [1.807, 2.05) is 0 Å². The molecule has 13 heavy (non-hydrogen) atoms. The van der Waals surface area contributed by atoms with Crippen LogP contribution in [0.1, 0.15) is 0 Å². The SMILES string of the molecule is O=C(O)C(F)C(=O)Sc1ccco1. The lowest BCUT2D eigenvalue weighted by atomic mass is 10.4. The fraction of sp³-hybridized carbons (Fsp3) is 0.143. The van der Waals surface area contributed by atoms with Crippen LogP contribution in [0.5, 0.6) is 0 Å². The predicted molar refractivity (Wildman–Crippen MR) is 42.1 cm³/mol. The molecular weight excluding hydrogens is 199 g/mol. The Bertz CT molecular complexity index is 308. The normalized spacial score (nSPS) is 12.4. The molecular formula is C7H5FO4S. The van der Waals surface area contributed by atoms with Crippen molar-refractivity contribution in [3.63, 3.8) is 0 Å². The molecule has 0 aliphatic carbocycles. The number of carbonyl (C=O) groups excluding carboxylic acids is 1. The molecule has 0 radical (unpaired) electrons. The van der Waals surface area contributed by atoms with E-state index < -0.39 is 17.3 Å². The first-order chi connectivity index (χ1) is 6.11. The maximum atomic E-state index is 12.5. The Morgan fingerprint density at radius 3 is 2.77 bits per heavy atom. The average Bonchev–Trinajstić information content (AvgIpc) is 2.55. The Labute approximate surface area is 76.7 Å². The molecule has 1 N–H and O–H groups in total. The van der Waals surface area contributed by atoms with Crippen molar-refractivity contribution in [2.45, 2.75) is 11.3 Å². The molecule has 0 aliphatic rings. The van der Waals surface area contributed by atoms with Crippen LogP contribution in [-0.4, -0.2) is 22.4 Å². The standard InChI is InChI=1S/C7H5FO4S/c8-5(6(9)10)7(11)13-4-2-1-3-12-4/h1-3,5H,(H,9,10). The number of hydrogen-bond acceptors (Lipinski definition) is 4. The average molecular weight is 204 g/mol. The topological polar surface area (TPSA) is 67.5 Å². The number of carboxylic acid groups (broad SMARTS) is 1. The highest BCUT2D eigenvalue weighted by atomic mass is 32.2. The van der Waals surface area contributed by atoms with Gasteiger partial charge in [-0.3, -0.25) is 4.79 Å². The lowest BCUT2D eigenvalue weighted by Crippen LogP contribution is -2.22. The number of furan rings is 1. The zero-order chi connectivity index (χ0) is 9.84. The number of carboxylic acids is 1. The third-order valence-electron chi connectivity index (χ3n) is 1.12. The Kier molecular flexibility index (Phi) is 3.07. The van der Waals surface area contributed by atoms with Gasteiger partial charge in [0.2, 0.25) is 5.12 Å². The van der Waals surface area contributed by atoms with E-state index >= 15 is 0 Å². The first-order valence-electron chi connectivity index (χ1n) is 3.23. The van der Waals surface area contributed by atoms with Crippen LogP contribution < -0.4 is 0 Å². The number of carbonyl (C=O) groups is 2. The Morgan fingerprint density at radius 2 is 2.31 bits per heavy atom. The molecule has 0 bridgehead atoms. The monoisotopic (exact) mass is 204 g/mol. The molecule has 1 aromatic rings. The Hall–Kier alpha value is -1.30. The number of rotatable bonds is 3. The molecule has 0 fully saturated rings. The second-order valence-corrected chi connectivity index (χ2v) is 3.06. The van der Waals surface area contributed by atoms with Crippen molar-refractivity contribution in [2.75, 3.05) is 0 Å². The van der Waals surface area contributed by atoms with Crippen LogP contribution in [0.3, 0.4) is 0 Å². The van der Waals surface area contributed by atoms with Crippen molar-refractivity contribution in [3.05, 3.63) is 18.4 Å². The zero-order valence-corrected chi connectivity index (χ0v) is 7.08. The van der Waals surface area contributed by atoms with Crippen LogP contribution in [0.15, 0.2) is 27.9 Å². The molecule has 0 saturated carbocycles. The van der Waals surface area contributed by atoms with Gasteiger partial charge in [0.25, 0.3) is 6.17 Å². The summed E-state index contributed by atoms with van der Waals surface area (Å²) in [6.07, 6.45) is -1.20. The largest absolute Gasteiger partial charge is 0.479 e. The van der Waals surface area contributed by atoms with E-state index in [0.29, 0.717) is 11.8 Å². The van der Waals surface area contributed by atoms with Crippen molar-refractivity contribution in [2.24, 2.45) is 0 Å². The van der Waals surface area contributed by atoms with Crippen LogP contribution in [0.4, 0.5) is 4.39 Å². The molecule has 0 saturated heterocycles. The third kappa shape index (κ3) is 2.59. The van der Waals surface area contributed by atoms with Crippen molar-refractivity contribution >= 4 is 22.8 Å². The lowest BCUT2D eigenvalue weighted by molar-refractivity contribution is -0.145. The fourth-order valence-electron chi connectivity index (χ4n) is 0.573. The summed E-state index contributed by atoms with van der Waals surface area (Å²) in [6.45, 7) is 0. The van der Waals surface area contributed by atoms with E-state index in [2.05, 4.69) is 0 Å². The van der Waals surface area contributed by atoms with Gasteiger partial charge in [-0.05, 0) is 23.9 Å². The van der Waals surface area contributed by atoms with Gasteiger partial charge in [0.15, 0.2) is 5.09 Å². The van der Waals surface area contributed by atoms with Crippen LogP contribution in [0.2, 0.25) is 0 Å². The van der Waals surface area contributed by atoms with Gasteiger partial charge in [0.1, 0.15) is 0 Å². The molecule has 70 valence electrons. The fourth-order valence-corrected chi connectivity index (χ4v) is 1.23. The number of halogens is 1. The van der Waals surface area contributed by atoms with Gasteiger partial charge in [-0.2, -0.15) is 0 Å². The van der Waals surface area contributed by atoms with E-state index in [1.165, 1.54) is 18.4 Å². The van der Waals surface area contributed by atoms with Gasteiger partial charge in [0.05, 0.1) is 6.26 Å². The minimum atomic E-state index is -2.50. The molecule has 0 aromatic carbocycles. The summed E-state index contributed by atoms with van der Waals surface area (Å²) in [7, 11) is 0. The molecule has 1 aromatic heterocycles. The number of alkyl halides is 1. The van der Waals surface area contributed by atoms with E-state index in [1.54, 1.807) is 0 Å². The van der Waals surface area contributed by atoms with Crippen LogP contribution in [-0.2, 0) is 9.59 Å². The van der Waals surface area contributed by atoms with Crippen LogP contribution in [0, 0.1) is 0 Å². The van der Waals surface area contributed by atoms with Gasteiger partial charge < -0.3 is 9.52 Å². The quantitative estimate of drug-likeness (QED) is 0.594. The van der Waals surface area contributed by atoms with Crippen molar-refractivity contribution in [1.82, 2.24) is 0 Å². The molecule has 4 nitrogen and oxygen atoms in total. The highest BCUT2D eigenvalue weighted by Crippen LogP contribution is 2.21. The molecule has 6 heteroatoms. The van der Waals surface area contributed by atoms with E-state index in [4.69, 9.17) is 9.52 Å². The first-order valence-corrected chi connectivity index (χ1v) is 4.05. The van der Waals surface area contributed by atoms with Crippen molar-refractivity contribution in [3.8, 4) is 0 Å². The van der Waals surface area contributed by atoms with Gasteiger partial charge >= 0.3 is 5.97 Å². The molecule has 1 heterocycles. The molecule has 0 spiro atoms. The summed E-state index contributed by atoms with van der Waals surface area (Å²) >= 11 is 0.425. The molecule has 0 amide bonds. The highest BCUT2D eigenvalue weighted by molar-refractivity contribution is 8.13. The third-order valence-corrected chi connectivity index (χ3v) is 1.96. The molecule has 0 aliphatic heterocycles. The van der Waals surface area contributed by atoms with Gasteiger partial charge in [0, 0.05) is 0 Å². The molecule has 1 unspecified atom stereocenters. The van der Waals surface area contributed by atoms with Crippen molar-refractivity contribution < 1.29 is 23.5 Å². The predicted octanol–water partition coefficient (Wildman–Crippen LogP) is 1.32. The maximum Gasteiger partial charge on any atom is 0.347 e. The number of aliphatic carboxylic acids is 1. The van der Waals surface area contributed by atoms with Gasteiger partial charge in [-0.25, -0.2) is 9.18 Å². The van der Waals surface area contributed by atoms with Crippen LogP contribution >= 0.6 is 11.8 Å². The zero-order valence-electron chi connectivity index (χ0n) is 6.27. The lowest BCUT2D eigenvalue weighted by Gasteiger charge is -1.98. The summed E-state index contributed by atoms with van der Waals surface area (Å²) < 4.78 is 17.2. The smallest absolute Gasteiger partial charge is 0.347 e. The summed E-state index contributed by atoms with van der Waals surface area (Å²) in [6, 6.07) is 2.96. The summed E-state index contributed by atoms with van der Waals surface area (Å²) in [5, 5.41) is 7.22. The Balaban J connectivity index is 2.56. The maximum absolute atomic E-state index is 12.5. The Morgan fingerprint density at radius 1 is 1.62 bits per heavy atom. The first kappa shape index (κ1) is 9.79. The molecule has 1 rings (SSSR count). The van der Waals surface area contributed by atoms with E-state index in [0.717, 1.165) is 0 Å². The molecule has 1 atom stereocenters. The second-order valence-electron chi connectivity index (χ2n) is 2.05. The van der Waals surface area contributed by atoms with E-state index in [9.17, 15) is 14.0 Å². The van der Waals surface area contributed by atoms with Crippen LogP contribution in [0.25, 0.3) is 0 Å². The van der Waals surface area contributed by atoms with E-state index in [-0.39, 0.29) is 5.09 Å².